The Bertz CT molecular complexity index is 619. The summed E-state index contributed by atoms with van der Waals surface area (Å²) in [5.41, 5.74) is 2.92. The summed E-state index contributed by atoms with van der Waals surface area (Å²) < 4.78 is 0. The second-order valence-electron chi connectivity index (χ2n) is 4.81. The van der Waals surface area contributed by atoms with E-state index in [-0.39, 0.29) is 6.03 Å². The fourth-order valence-corrected chi connectivity index (χ4v) is 2.18. The van der Waals surface area contributed by atoms with Gasteiger partial charge in [0.25, 0.3) is 0 Å². The molecule has 0 aromatic heterocycles. The number of rotatable bonds is 3. The lowest BCUT2D eigenvalue weighted by Crippen LogP contribution is -2.20. The first-order valence-electron chi connectivity index (χ1n) is 6.58. The Morgan fingerprint density at radius 1 is 1.14 bits per heavy atom. The number of benzene rings is 2. The van der Waals surface area contributed by atoms with Gasteiger partial charge in [-0.05, 0) is 43.2 Å². The molecule has 0 heterocycles. The smallest absolute Gasteiger partial charge is 0.323 e. The molecule has 5 heteroatoms. The van der Waals surface area contributed by atoms with Crippen LogP contribution in [0.3, 0.4) is 0 Å². The first kappa shape index (κ1) is 15.4. The van der Waals surface area contributed by atoms with E-state index in [1.807, 2.05) is 19.1 Å². The summed E-state index contributed by atoms with van der Waals surface area (Å²) in [7, 11) is 0. The molecule has 0 saturated heterocycles. The van der Waals surface area contributed by atoms with E-state index in [2.05, 4.69) is 10.6 Å². The van der Waals surface area contributed by atoms with Crippen molar-refractivity contribution in [2.45, 2.75) is 20.0 Å². The van der Waals surface area contributed by atoms with E-state index >= 15 is 0 Å². The van der Waals surface area contributed by atoms with Crippen molar-refractivity contribution in [3.8, 4) is 0 Å². The quantitative estimate of drug-likeness (QED) is 0.789. The minimum absolute atomic E-state index is 0.365. The number of aryl methyl sites for hydroxylation is 1. The van der Waals surface area contributed by atoms with E-state index in [1.165, 1.54) is 0 Å². The van der Waals surface area contributed by atoms with E-state index in [9.17, 15) is 9.90 Å². The van der Waals surface area contributed by atoms with Crippen LogP contribution in [0.1, 0.15) is 24.2 Å². The van der Waals surface area contributed by atoms with Crippen molar-refractivity contribution >= 4 is 29.0 Å². The molecule has 1 unspecified atom stereocenters. The molecule has 0 aliphatic rings. The summed E-state index contributed by atoms with van der Waals surface area (Å²) in [5.74, 6) is 0. The molecule has 4 nitrogen and oxygen atoms in total. The standard InChI is InChI=1S/C16H17ClN2O2/c1-10-4-3-5-14(17)15(10)19-16(21)18-13-8-6-12(7-9-13)11(2)20/h3-9,11,20H,1-2H3,(H2,18,19,21). The summed E-state index contributed by atoms with van der Waals surface area (Å²) in [5, 5.41) is 15.4. The van der Waals surface area contributed by atoms with E-state index < -0.39 is 6.10 Å². The highest BCUT2D eigenvalue weighted by atomic mass is 35.5. The Morgan fingerprint density at radius 2 is 1.81 bits per heavy atom. The van der Waals surface area contributed by atoms with Crippen LogP contribution in [0, 0.1) is 6.92 Å². The van der Waals surface area contributed by atoms with Crippen LogP contribution in [-0.4, -0.2) is 11.1 Å². The van der Waals surface area contributed by atoms with Gasteiger partial charge in [-0.1, -0.05) is 35.9 Å². The lowest BCUT2D eigenvalue weighted by Gasteiger charge is -2.12. The zero-order valence-corrected chi connectivity index (χ0v) is 12.6. The molecule has 2 amide bonds. The van der Waals surface area contributed by atoms with Gasteiger partial charge >= 0.3 is 6.03 Å². The molecule has 0 spiro atoms. The maximum Gasteiger partial charge on any atom is 0.323 e. The predicted molar refractivity (Wildman–Crippen MR) is 85.9 cm³/mol. The highest BCUT2D eigenvalue weighted by molar-refractivity contribution is 6.34. The first-order chi connectivity index (χ1) is 9.97. The Balaban J connectivity index is 2.05. The third-order valence-electron chi connectivity index (χ3n) is 3.11. The van der Waals surface area contributed by atoms with Gasteiger partial charge < -0.3 is 15.7 Å². The highest BCUT2D eigenvalue weighted by Gasteiger charge is 2.08. The van der Waals surface area contributed by atoms with Gasteiger partial charge in [0.05, 0.1) is 16.8 Å². The molecular formula is C16H17ClN2O2. The van der Waals surface area contributed by atoms with Crippen LogP contribution in [0.25, 0.3) is 0 Å². The number of anilines is 2. The van der Waals surface area contributed by atoms with Gasteiger partial charge in [0.15, 0.2) is 0 Å². The van der Waals surface area contributed by atoms with Crippen LogP contribution in [0.5, 0.6) is 0 Å². The van der Waals surface area contributed by atoms with Crippen molar-refractivity contribution in [2.24, 2.45) is 0 Å². The third kappa shape index (κ3) is 3.97. The Labute approximate surface area is 128 Å². The Hall–Kier alpha value is -2.04. The topological polar surface area (TPSA) is 61.4 Å². The minimum atomic E-state index is -0.529. The third-order valence-corrected chi connectivity index (χ3v) is 3.43. The predicted octanol–water partition coefficient (Wildman–Crippen LogP) is 4.35. The van der Waals surface area contributed by atoms with Gasteiger partial charge in [0.1, 0.15) is 0 Å². The lowest BCUT2D eigenvalue weighted by atomic mass is 10.1. The first-order valence-corrected chi connectivity index (χ1v) is 6.96. The van der Waals surface area contributed by atoms with Crippen LogP contribution in [0.2, 0.25) is 5.02 Å². The molecule has 3 N–H and O–H groups in total. The lowest BCUT2D eigenvalue weighted by molar-refractivity contribution is 0.199. The molecule has 110 valence electrons. The Kier molecular flexibility index (Phi) is 4.83. The normalized spacial score (nSPS) is 11.8. The van der Waals surface area contributed by atoms with Crippen LogP contribution in [-0.2, 0) is 0 Å². The largest absolute Gasteiger partial charge is 0.389 e. The second-order valence-corrected chi connectivity index (χ2v) is 5.22. The fourth-order valence-electron chi connectivity index (χ4n) is 1.91. The summed E-state index contributed by atoms with van der Waals surface area (Å²) in [4.78, 5) is 12.0. The number of halogens is 1. The average molecular weight is 305 g/mol. The summed E-state index contributed by atoms with van der Waals surface area (Å²) in [6, 6.07) is 12.1. The molecule has 0 radical (unpaired) electrons. The van der Waals surface area contributed by atoms with Crippen molar-refractivity contribution in [2.75, 3.05) is 10.6 Å². The molecule has 21 heavy (non-hydrogen) atoms. The SMILES string of the molecule is Cc1cccc(Cl)c1NC(=O)Nc1ccc(C(C)O)cc1. The van der Waals surface area contributed by atoms with Gasteiger partial charge in [-0.2, -0.15) is 0 Å². The number of hydrogen-bond donors (Lipinski definition) is 3. The number of amides is 2. The van der Waals surface area contributed by atoms with Gasteiger partial charge in [0, 0.05) is 5.69 Å². The van der Waals surface area contributed by atoms with Crippen molar-refractivity contribution in [3.63, 3.8) is 0 Å². The van der Waals surface area contributed by atoms with E-state index in [0.29, 0.717) is 16.4 Å². The van der Waals surface area contributed by atoms with Gasteiger partial charge in [-0.3, -0.25) is 0 Å². The molecule has 2 rings (SSSR count). The maximum absolute atomic E-state index is 12.0. The molecule has 0 fully saturated rings. The van der Waals surface area contributed by atoms with E-state index in [1.54, 1.807) is 37.3 Å². The molecule has 2 aromatic carbocycles. The van der Waals surface area contributed by atoms with Crippen molar-refractivity contribution in [3.05, 3.63) is 58.6 Å². The van der Waals surface area contributed by atoms with Crippen molar-refractivity contribution in [1.82, 2.24) is 0 Å². The van der Waals surface area contributed by atoms with E-state index in [0.717, 1.165) is 11.1 Å². The Morgan fingerprint density at radius 3 is 2.38 bits per heavy atom. The number of urea groups is 1. The molecule has 1 atom stereocenters. The molecule has 0 aliphatic heterocycles. The van der Waals surface area contributed by atoms with Crippen LogP contribution < -0.4 is 10.6 Å². The number of aliphatic hydroxyl groups excluding tert-OH is 1. The number of para-hydroxylation sites is 1. The number of nitrogens with one attached hydrogen (secondary N) is 2. The summed E-state index contributed by atoms with van der Waals surface area (Å²) >= 11 is 6.06. The summed E-state index contributed by atoms with van der Waals surface area (Å²) in [6.07, 6.45) is -0.529. The highest BCUT2D eigenvalue weighted by Crippen LogP contribution is 2.25. The summed E-state index contributed by atoms with van der Waals surface area (Å²) in [6.45, 7) is 3.56. The number of aliphatic hydroxyl groups is 1. The van der Waals surface area contributed by atoms with Gasteiger partial charge in [-0.25, -0.2) is 4.79 Å². The second kappa shape index (κ2) is 6.61. The number of hydrogen-bond acceptors (Lipinski definition) is 2. The van der Waals surface area contributed by atoms with Crippen molar-refractivity contribution < 1.29 is 9.90 Å². The molecule has 2 aromatic rings. The molecule has 0 aliphatic carbocycles. The minimum Gasteiger partial charge on any atom is -0.389 e. The number of carbonyl (C=O) groups is 1. The van der Waals surface area contributed by atoms with Crippen LogP contribution in [0.15, 0.2) is 42.5 Å². The zero-order valence-electron chi connectivity index (χ0n) is 11.9. The average Bonchev–Trinajstić information content (AvgIpc) is 2.43. The van der Waals surface area contributed by atoms with Crippen LogP contribution >= 0.6 is 11.6 Å². The molecule has 0 bridgehead atoms. The van der Waals surface area contributed by atoms with Crippen molar-refractivity contribution in [1.29, 1.82) is 0 Å². The zero-order chi connectivity index (χ0) is 15.4. The van der Waals surface area contributed by atoms with E-state index in [4.69, 9.17) is 11.6 Å². The van der Waals surface area contributed by atoms with Crippen LogP contribution in [0.4, 0.5) is 16.2 Å². The fraction of sp³-hybridized carbons (Fsp3) is 0.188. The number of carbonyl (C=O) groups excluding carboxylic acids is 1. The molecular weight excluding hydrogens is 288 g/mol. The monoisotopic (exact) mass is 304 g/mol. The molecule has 0 saturated carbocycles. The van der Waals surface area contributed by atoms with Gasteiger partial charge in [0.2, 0.25) is 0 Å². The van der Waals surface area contributed by atoms with Gasteiger partial charge in [-0.15, -0.1) is 0 Å². The maximum atomic E-state index is 12.0.